The minimum atomic E-state index is 0.0851. The topological polar surface area (TPSA) is 72.1 Å². The summed E-state index contributed by atoms with van der Waals surface area (Å²) in [6, 6.07) is 13.7. The lowest BCUT2D eigenvalue weighted by Crippen LogP contribution is -2.36. The van der Waals surface area contributed by atoms with Crippen LogP contribution in [0.5, 0.6) is 0 Å². The van der Waals surface area contributed by atoms with E-state index in [2.05, 4.69) is 28.1 Å². The van der Waals surface area contributed by atoms with Crippen LogP contribution in [0.2, 0.25) is 0 Å². The molecule has 1 aliphatic heterocycles. The molecule has 1 unspecified atom stereocenters. The summed E-state index contributed by atoms with van der Waals surface area (Å²) < 4.78 is 5.27. The van der Waals surface area contributed by atoms with Crippen LogP contribution in [0.15, 0.2) is 53.2 Å². The minimum absolute atomic E-state index is 0.0851. The van der Waals surface area contributed by atoms with Crippen molar-refractivity contribution in [1.29, 1.82) is 0 Å². The second kappa shape index (κ2) is 7.07. The molecule has 3 heterocycles. The standard InChI is InChI=1S/C20H20N4O2/c1-14-11-13-24(17-8-3-2-6-15(14)17)19(25)10-9-18-22-20(23-26-18)16-7-4-5-12-21-16/h2-8,12,14H,9-11,13H2,1H3. The third-order valence-corrected chi connectivity index (χ3v) is 4.76. The van der Waals surface area contributed by atoms with Crippen molar-refractivity contribution >= 4 is 11.6 Å². The van der Waals surface area contributed by atoms with E-state index in [-0.39, 0.29) is 5.91 Å². The van der Waals surface area contributed by atoms with Crippen LogP contribution in [0.3, 0.4) is 0 Å². The van der Waals surface area contributed by atoms with Crippen LogP contribution in [0.25, 0.3) is 11.5 Å². The van der Waals surface area contributed by atoms with Crippen molar-refractivity contribution < 1.29 is 9.32 Å². The number of benzene rings is 1. The highest BCUT2D eigenvalue weighted by Gasteiger charge is 2.26. The van der Waals surface area contributed by atoms with Gasteiger partial charge < -0.3 is 9.42 Å². The lowest BCUT2D eigenvalue weighted by molar-refractivity contribution is -0.118. The first-order valence-corrected chi connectivity index (χ1v) is 8.85. The van der Waals surface area contributed by atoms with Crippen LogP contribution in [-0.2, 0) is 11.2 Å². The SMILES string of the molecule is CC1CCN(C(=O)CCc2nc(-c3ccccn3)no2)c2ccccc21. The number of hydrogen-bond acceptors (Lipinski definition) is 5. The number of para-hydroxylation sites is 1. The molecule has 3 aromatic rings. The van der Waals surface area contributed by atoms with Gasteiger partial charge in [-0.05, 0) is 36.1 Å². The van der Waals surface area contributed by atoms with Gasteiger partial charge in [0.1, 0.15) is 5.69 Å². The molecule has 0 spiro atoms. The molecule has 132 valence electrons. The molecule has 0 fully saturated rings. The molecule has 0 saturated heterocycles. The number of amides is 1. The fourth-order valence-corrected chi connectivity index (χ4v) is 3.31. The lowest BCUT2D eigenvalue weighted by Gasteiger charge is -2.33. The molecule has 4 rings (SSSR count). The van der Waals surface area contributed by atoms with Crippen LogP contribution in [0, 0.1) is 0 Å². The minimum Gasteiger partial charge on any atom is -0.339 e. The maximum absolute atomic E-state index is 12.7. The normalized spacial score (nSPS) is 16.3. The largest absolute Gasteiger partial charge is 0.339 e. The molecule has 2 aromatic heterocycles. The van der Waals surface area contributed by atoms with Crippen molar-refractivity contribution in [3.05, 3.63) is 60.1 Å². The van der Waals surface area contributed by atoms with Gasteiger partial charge in [-0.15, -0.1) is 0 Å². The quantitative estimate of drug-likeness (QED) is 0.720. The zero-order valence-corrected chi connectivity index (χ0v) is 14.6. The average Bonchev–Trinajstić information content (AvgIpc) is 3.16. The number of carbonyl (C=O) groups is 1. The summed E-state index contributed by atoms with van der Waals surface area (Å²) in [5, 5.41) is 3.95. The van der Waals surface area contributed by atoms with Gasteiger partial charge in [-0.2, -0.15) is 4.98 Å². The van der Waals surface area contributed by atoms with Crippen LogP contribution in [0.1, 0.15) is 37.1 Å². The number of rotatable bonds is 4. The Morgan fingerprint density at radius 3 is 2.92 bits per heavy atom. The maximum Gasteiger partial charge on any atom is 0.227 e. The predicted molar refractivity (Wildman–Crippen MR) is 97.7 cm³/mol. The zero-order chi connectivity index (χ0) is 17.9. The summed E-state index contributed by atoms with van der Waals surface area (Å²) in [6.45, 7) is 2.96. The number of anilines is 1. The van der Waals surface area contributed by atoms with Crippen LogP contribution < -0.4 is 4.90 Å². The lowest BCUT2D eigenvalue weighted by atomic mass is 9.91. The highest BCUT2D eigenvalue weighted by Crippen LogP contribution is 2.35. The Labute approximate surface area is 151 Å². The fraction of sp³-hybridized carbons (Fsp3) is 0.300. The smallest absolute Gasteiger partial charge is 0.227 e. The Hall–Kier alpha value is -3.02. The van der Waals surface area contributed by atoms with E-state index >= 15 is 0 Å². The first-order valence-electron chi connectivity index (χ1n) is 8.85. The molecule has 0 aliphatic carbocycles. The first-order chi connectivity index (χ1) is 12.7. The predicted octanol–water partition coefficient (Wildman–Crippen LogP) is 3.60. The van der Waals surface area contributed by atoms with Crippen LogP contribution in [0.4, 0.5) is 5.69 Å². The van der Waals surface area contributed by atoms with Crippen molar-refractivity contribution in [2.75, 3.05) is 11.4 Å². The summed E-state index contributed by atoms with van der Waals surface area (Å²) in [5.74, 6) is 1.47. The number of pyridine rings is 1. The molecular weight excluding hydrogens is 328 g/mol. The Bertz CT molecular complexity index is 907. The van der Waals surface area contributed by atoms with Crippen LogP contribution in [-0.4, -0.2) is 27.6 Å². The average molecular weight is 348 g/mol. The zero-order valence-electron chi connectivity index (χ0n) is 14.6. The number of carbonyl (C=O) groups excluding carboxylic acids is 1. The molecular formula is C20H20N4O2. The summed E-state index contributed by atoms with van der Waals surface area (Å²) in [4.78, 5) is 23.2. The Morgan fingerprint density at radius 2 is 2.08 bits per heavy atom. The summed E-state index contributed by atoms with van der Waals surface area (Å²) in [6.07, 6.45) is 3.43. The molecule has 0 N–H and O–H groups in total. The van der Waals surface area contributed by atoms with Gasteiger partial charge in [0.25, 0.3) is 0 Å². The van der Waals surface area contributed by atoms with Crippen molar-refractivity contribution in [3.63, 3.8) is 0 Å². The van der Waals surface area contributed by atoms with Gasteiger partial charge in [0.05, 0.1) is 0 Å². The highest BCUT2D eigenvalue weighted by atomic mass is 16.5. The van der Waals surface area contributed by atoms with E-state index in [0.717, 1.165) is 18.7 Å². The molecule has 6 heteroatoms. The van der Waals surface area contributed by atoms with Gasteiger partial charge in [0, 0.05) is 31.3 Å². The Morgan fingerprint density at radius 1 is 1.23 bits per heavy atom. The van der Waals surface area contributed by atoms with Crippen molar-refractivity contribution in [3.8, 4) is 11.5 Å². The second-order valence-corrected chi connectivity index (χ2v) is 6.52. The highest BCUT2D eigenvalue weighted by molar-refractivity contribution is 5.94. The summed E-state index contributed by atoms with van der Waals surface area (Å²) in [7, 11) is 0. The molecule has 6 nitrogen and oxygen atoms in total. The number of aromatic nitrogens is 3. The number of aryl methyl sites for hydroxylation is 1. The number of nitrogens with zero attached hydrogens (tertiary/aromatic N) is 4. The van der Waals surface area contributed by atoms with E-state index in [9.17, 15) is 4.79 Å². The van der Waals surface area contributed by atoms with Gasteiger partial charge in [0.15, 0.2) is 0 Å². The van der Waals surface area contributed by atoms with E-state index in [1.165, 1.54) is 5.56 Å². The third-order valence-electron chi connectivity index (χ3n) is 4.76. The van der Waals surface area contributed by atoms with Gasteiger partial charge in [-0.3, -0.25) is 9.78 Å². The second-order valence-electron chi connectivity index (χ2n) is 6.52. The van der Waals surface area contributed by atoms with Crippen molar-refractivity contribution in [2.24, 2.45) is 0 Å². The monoisotopic (exact) mass is 348 g/mol. The van der Waals surface area contributed by atoms with E-state index in [0.29, 0.717) is 36.2 Å². The molecule has 1 aromatic carbocycles. The van der Waals surface area contributed by atoms with Crippen molar-refractivity contribution in [2.45, 2.75) is 32.1 Å². The Kier molecular flexibility index (Phi) is 4.48. The van der Waals surface area contributed by atoms with Crippen molar-refractivity contribution in [1.82, 2.24) is 15.1 Å². The van der Waals surface area contributed by atoms with E-state index in [4.69, 9.17) is 4.52 Å². The maximum atomic E-state index is 12.7. The molecule has 1 aliphatic rings. The molecule has 26 heavy (non-hydrogen) atoms. The number of fused-ring (bicyclic) bond motifs is 1. The Balaban J connectivity index is 1.44. The first kappa shape index (κ1) is 16.4. The van der Waals surface area contributed by atoms with E-state index in [1.807, 2.05) is 41.3 Å². The molecule has 0 saturated carbocycles. The van der Waals surface area contributed by atoms with Gasteiger partial charge >= 0.3 is 0 Å². The van der Waals surface area contributed by atoms with E-state index in [1.54, 1.807) is 6.20 Å². The molecule has 0 radical (unpaired) electrons. The number of hydrogen-bond donors (Lipinski definition) is 0. The summed E-state index contributed by atoms with van der Waals surface area (Å²) in [5.41, 5.74) is 2.92. The van der Waals surface area contributed by atoms with Gasteiger partial charge in [-0.1, -0.05) is 36.3 Å². The fourth-order valence-electron chi connectivity index (χ4n) is 3.31. The van der Waals surface area contributed by atoms with Crippen LogP contribution >= 0.6 is 0 Å². The van der Waals surface area contributed by atoms with Gasteiger partial charge in [-0.25, -0.2) is 0 Å². The summed E-state index contributed by atoms with van der Waals surface area (Å²) >= 11 is 0. The molecule has 0 bridgehead atoms. The molecule has 1 amide bonds. The van der Waals surface area contributed by atoms with Gasteiger partial charge in [0.2, 0.25) is 17.6 Å². The van der Waals surface area contributed by atoms with E-state index < -0.39 is 0 Å². The third kappa shape index (κ3) is 3.22. The molecule has 1 atom stereocenters.